The largest absolute Gasteiger partial charge is 0.323 e. The quantitative estimate of drug-likeness (QED) is 0.323. The highest BCUT2D eigenvalue weighted by Crippen LogP contribution is 2.29. The average Bonchev–Trinajstić information content (AvgIpc) is 3.25. The van der Waals surface area contributed by atoms with Gasteiger partial charge in [0.05, 0.1) is 32.2 Å². The maximum Gasteiger partial charge on any atom is 0.261 e. The molecule has 33 heavy (non-hydrogen) atoms. The third kappa shape index (κ3) is 4.03. The fourth-order valence-corrected chi connectivity index (χ4v) is 4.57. The van der Waals surface area contributed by atoms with Crippen LogP contribution in [0.2, 0.25) is 10.0 Å². The molecular formula is C26H21Cl2N3O2. The Kier molecular flexibility index (Phi) is 5.69. The topological polar surface area (TPSA) is 55.2 Å². The van der Waals surface area contributed by atoms with Crippen molar-refractivity contribution in [1.82, 2.24) is 14.5 Å². The maximum atomic E-state index is 12.7. The lowest BCUT2D eigenvalue weighted by Crippen LogP contribution is -2.31. The third-order valence-electron chi connectivity index (χ3n) is 5.99. The summed E-state index contributed by atoms with van der Waals surface area (Å²) < 4.78 is 2.13. The van der Waals surface area contributed by atoms with Gasteiger partial charge in [-0.2, -0.15) is 0 Å². The van der Waals surface area contributed by atoms with Gasteiger partial charge < -0.3 is 4.57 Å². The molecule has 4 aromatic rings. The summed E-state index contributed by atoms with van der Waals surface area (Å²) in [5.41, 5.74) is 4.96. The van der Waals surface area contributed by atoms with E-state index in [2.05, 4.69) is 35.8 Å². The fraction of sp³-hybridized carbons (Fsp3) is 0.192. The van der Waals surface area contributed by atoms with Crippen molar-refractivity contribution in [3.8, 4) is 0 Å². The van der Waals surface area contributed by atoms with E-state index in [1.54, 1.807) is 30.3 Å². The van der Waals surface area contributed by atoms with Crippen LogP contribution in [0.1, 0.15) is 44.1 Å². The first-order valence-corrected chi connectivity index (χ1v) is 11.5. The summed E-state index contributed by atoms with van der Waals surface area (Å²) in [6.45, 7) is 3.03. The Labute approximate surface area is 201 Å². The van der Waals surface area contributed by atoms with Gasteiger partial charge in [-0.15, -0.1) is 0 Å². The Bertz CT molecular complexity index is 1360. The minimum Gasteiger partial charge on any atom is -0.323 e. The first kappa shape index (κ1) is 21.7. The molecule has 0 N–H and O–H groups in total. The van der Waals surface area contributed by atoms with Gasteiger partial charge in [0.2, 0.25) is 0 Å². The zero-order valence-electron chi connectivity index (χ0n) is 18.0. The van der Waals surface area contributed by atoms with Gasteiger partial charge in [0.1, 0.15) is 5.82 Å². The zero-order valence-corrected chi connectivity index (χ0v) is 19.5. The van der Waals surface area contributed by atoms with Crippen LogP contribution < -0.4 is 0 Å². The average molecular weight is 478 g/mol. The molecule has 0 unspecified atom stereocenters. The van der Waals surface area contributed by atoms with Crippen molar-refractivity contribution in [3.63, 3.8) is 0 Å². The van der Waals surface area contributed by atoms with E-state index in [0.29, 0.717) is 47.1 Å². The summed E-state index contributed by atoms with van der Waals surface area (Å²) >= 11 is 12.5. The number of hydrogen-bond acceptors (Lipinski definition) is 3. The smallest absolute Gasteiger partial charge is 0.261 e. The number of aromatic nitrogens is 2. The molecular weight excluding hydrogens is 457 g/mol. The van der Waals surface area contributed by atoms with Crippen LogP contribution in [0.15, 0.2) is 60.7 Å². The summed E-state index contributed by atoms with van der Waals surface area (Å²) in [7, 11) is 0. The Morgan fingerprint density at radius 2 is 1.52 bits per heavy atom. The predicted octanol–water partition coefficient (Wildman–Crippen LogP) is 5.93. The number of rotatable bonds is 6. The fourth-order valence-electron chi connectivity index (χ4n) is 4.25. The van der Waals surface area contributed by atoms with E-state index >= 15 is 0 Å². The molecule has 2 heterocycles. The minimum atomic E-state index is -0.234. The predicted molar refractivity (Wildman–Crippen MR) is 130 cm³/mol. The zero-order chi connectivity index (χ0) is 23.1. The lowest BCUT2D eigenvalue weighted by Gasteiger charge is -2.14. The molecule has 5 rings (SSSR count). The molecule has 0 saturated carbocycles. The number of nitrogens with zero attached hydrogens (tertiary/aromatic N) is 3. The van der Waals surface area contributed by atoms with Crippen molar-refractivity contribution in [1.29, 1.82) is 0 Å². The molecule has 5 nitrogen and oxygen atoms in total. The Balaban J connectivity index is 1.40. The molecule has 166 valence electrons. The van der Waals surface area contributed by atoms with Crippen molar-refractivity contribution >= 4 is 46.0 Å². The van der Waals surface area contributed by atoms with Crippen molar-refractivity contribution in [2.24, 2.45) is 0 Å². The van der Waals surface area contributed by atoms with E-state index in [0.717, 1.165) is 22.4 Å². The molecule has 0 saturated heterocycles. The standard InChI is InChI=1S/C26H21Cl2N3O2/c1-16-8-10-17(11-9-16)15-31-23-14-21(28)20(27)13-22(23)29-24(31)7-4-12-30-25(32)18-5-2-3-6-19(18)26(30)33/h2-3,5-6,8-11,13-14H,4,7,12,15H2,1H3. The lowest BCUT2D eigenvalue weighted by molar-refractivity contribution is 0.0652. The molecule has 2 amide bonds. The first-order valence-electron chi connectivity index (χ1n) is 10.8. The van der Waals surface area contributed by atoms with Gasteiger partial charge in [0.15, 0.2) is 0 Å². The molecule has 7 heteroatoms. The molecule has 1 aliphatic heterocycles. The molecule has 0 spiro atoms. The van der Waals surface area contributed by atoms with E-state index < -0.39 is 0 Å². The van der Waals surface area contributed by atoms with E-state index in [1.165, 1.54) is 10.5 Å². The van der Waals surface area contributed by atoms with Crippen LogP contribution in [0.25, 0.3) is 11.0 Å². The number of fused-ring (bicyclic) bond motifs is 2. The Morgan fingerprint density at radius 3 is 2.18 bits per heavy atom. The van der Waals surface area contributed by atoms with Gasteiger partial charge in [0, 0.05) is 19.5 Å². The summed E-state index contributed by atoms with van der Waals surface area (Å²) in [5, 5.41) is 0.938. The van der Waals surface area contributed by atoms with Gasteiger partial charge in [-0.1, -0.05) is 65.2 Å². The van der Waals surface area contributed by atoms with Crippen LogP contribution in [0.3, 0.4) is 0 Å². The molecule has 3 aromatic carbocycles. The monoisotopic (exact) mass is 477 g/mol. The molecule has 0 fully saturated rings. The van der Waals surface area contributed by atoms with Crippen LogP contribution in [-0.4, -0.2) is 32.8 Å². The van der Waals surface area contributed by atoms with Gasteiger partial charge in [-0.3, -0.25) is 14.5 Å². The van der Waals surface area contributed by atoms with Gasteiger partial charge >= 0.3 is 0 Å². The van der Waals surface area contributed by atoms with Crippen molar-refractivity contribution in [2.75, 3.05) is 6.54 Å². The first-order chi connectivity index (χ1) is 15.9. The normalized spacial score (nSPS) is 13.2. The second-order valence-corrected chi connectivity index (χ2v) is 9.08. The molecule has 1 aliphatic rings. The number of amides is 2. The highest BCUT2D eigenvalue weighted by Gasteiger charge is 2.34. The minimum absolute atomic E-state index is 0.234. The summed E-state index contributed by atoms with van der Waals surface area (Å²) in [6, 6.07) is 18.9. The number of halogens is 2. The highest BCUT2D eigenvalue weighted by molar-refractivity contribution is 6.42. The van der Waals surface area contributed by atoms with Crippen molar-refractivity contribution in [2.45, 2.75) is 26.3 Å². The van der Waals surface area contributed by atoms with Crippen LogP contribution in [0.4, 0.5) is 0 Å². The van der Waals surface area contributed by atoms with E-state index in [4.69, 9.17) is 28.2 Å². The molecule has 0 aliphatic carbocycles. The van der Waals surface area contributed by atoms with Crippen LogP contribution in [-0.2, 0) is 13.0 Å². The van der Waals surface area contributed by atoms with Gasteiger partial charge in [0.25, 0.3) is 11.8 Å². The number of imide groups is 1. The Morgan fingerprint density at radius 1 is 0.879 bits per heavy atom. The van der Waals surface area contributed by atoms with Gasteiger partial charge in [-0.25, -0.2) is 4.98 Å². The lowest BCUT2D eigenvalue weighted by atomic mass is 10.1. The second-order valence-electron chi connectivity index (χ2n) is 8.27. The van der Waals surface area contributed by atoms with Gasteiger partial charge in [-0.05, 0) is 43.2 Å². The highest BCUT2D eigenvalue weighted by atomic mass is 35.5. The number of carbonyl (C=O) groups is 2. The Hall–Kier alpha value is -3.15. The molecule has 0 atom stereocenters. The third-order valence-corrected chi connectivity index (χ3v) is 6.71. The number of imidazole rings is 1. The molecule has 0 bridgehead atoms. The van der Waals surface area contributed by atoms with E-state index in [1.807, 2.05) is 6.07 Å². The van der Waals surface area contributed by atoms with Crippen molar-refractivity contribution < 1.29 is 9.59 Å². The number of benzene rings is 3. The summed E-state index contributed by atoms with van der Waals surface area (Å²) in [6.07, 6.45) is 1.20. The molecule has 1 aromatic heterocycles. The second kappa shape index (κ2) is 8.65. The van der Waals surface area contributed by atoms with Crippen LogP contribution in [0, 0.1) is 6.92 Å². The molecule has 0 radical (unpaired) electrons. The number of carbonyl (C=O) groups excluding carboxylic acids is 2. The van der Waals surface area contributed by atoms with Crippen molar-refractivity contribution in [3.05, 3.63) is 98.8 Å². The van der Waals surface area contributed by atoms with E-state index in [-0.39, 0.29) is 11.8 Å². The summed E-state index contributed by atoms with van der Waals surface area (Å²) in [4.78, 5) is 31.4. The number of hydrogen-bond donors (Lipinski definition) is 0. The van der Waals surface area contributed by atoms with E-state index in [9.17, 15) is 9.59 Å². The van der Waals surface area contributed by atoms with Crippen LogP contribution in [0.5, 0.6) is 0 Å². The summed E-state index contributed by atoms with van der Waals surface area (Å²) in [5.74, 6) is 0.394. The SMILES string of the molecule is Cc1ccc(Cn2c(CCCN3C(=O)c4ccccc4C3=O)nc3cc(Cl)c(Cl)cc32)cc1. The van der Waals surface area contributed by atoms with Crippen LogP contribution >= 0.6 is 23.2 Å². The maximum absolute atomic E-state index is 12.7. The number of aryl methyl sites for hydroxylation is 2.